The summed E-state index contributed by atoms with van der Waals surface area (Å²) in [7, 11) is -3.45. The summed E-state index contributed by atoms with van der Waals surface area (Å²) in [5, 5.41) is 7.96. The van der Waals surface area contributed by atoms with Gasteiger partial charge in [-0.05, 0) is 24.3 Å². The van der Waals surface area contributed by atoms with Gasteiger partial charge in [-0.2, -0.15) is 0 Å². The van der Waals surface area contributed by atoms with E-state index in [-0.39, 0.29) is 23.7 Å². The van der Waals surface area contributed by atoms with Gasteiger partial charge in [0.2, 0.25) is 0 Å². The Labute approximate surface area is 103 Å². The maximum Gasteiger partial charge on any atom is 0.377 e. The van der Waals surface area contributed by atoms with Crippen LogP contribution in [0, 0.1) is 0 Å². The zero-order valence-electron chi connectivity index (χ0n) is 9.20. The van der Waals surface area contributed by atoms with Crippen molar-refractivity contribution in [3.8, 4) is 0 Å². The second-order valence-electron chi connectivity index (χ2n) is 3.86. The van der Waals surface area contributed by atoms with Crippen molar-refractivity contribution in [3.05, 3.63) is 29.8 Å². The molecule has 18 heavy (non-hydrogen) atoms. The highest BCUT2D eigenvalue weighted by Crippen LogP contribution is 2.21. The Balaban J connectivity index is 2.27. The van der Waals surface area contributed by atoms with E-state index in [9.17, 15) is 18.0 Å². The van der Waals surface area contributed by atoms with Crippen molar-refractivity contribution in [3.63, 3.8) is 0 Å². The predicted molar refractivity (Wildman–Crippen MR) is 60.2 cm³/mol. The molecule has 0 saturated carbocycles. The highest BCUT2D eigenvalue weighted by molar-refractivity contribution is 7.92. The van der Waals surface area contributed by atoms with Crippen molar-refractivity contribution < 1.29 is 27.9 Å². The van der Waals surface area contributed by atoms with Gasteiger partial charge < -0.3 is 9.84 Å². The van der Waals surface area contributed by atoms with Gasteiger partial charge in [-0.3, -0.25) is 4.79 Å². The molecule has 1 saturated heterocycles. The number of aliphatic carboxylic acids is 1. The van der Waals surface area contributed by atoms with Crippen molar-refractivity contribution in [1.82, 2.24) is 0 Å². The number of hydrogen-bond donors (Lipinski definition) is 1. The zero-order valence-corrected chi connectivity index (χ0v) is 10.0. The van der Waals surface area contributed by atoms with Crippen LogP contribution in [0.15, 0.2) is 29.2 Å². The van der Waals surface area contributed by atoms with Gasteiger partial charge >= 0.3 is 5.97 Å². The van der Waals surface area contributed by atoms with Gasteiger partial charge in [-0.15, -0.1) is 0 Å². The molecule has 0 aromatic heterocycles. The van der Waals surface area contributed by atoms with Crippen molar-refractivity contribution in [1.29, 1.82) is 0 Å². The number of carboxylic acid groups (broad SMARTS) is 1. The Bertz CT molecular complexity index is 582. The topological polar surface area (TPSA) is 97.7 Å². The van der Waals surface area contributed by atoms with Crippen LogP contribution in [0.2, 0.25) is 0 Å². The molecule has 0 spiro atoms. The molecule has 1 aliphatic heterocycles. The van der Waals surface area contributed by atoms with Crippen LogP contribution in [-0.4, -0.2) is 43.7 Å². The molecule has 0 unspecified atom stereocenters. The predicted octanol–water partition coefficient (Wildman–Crippen LogP) is 0.126. The van der Waals surface area contributed by atoms with E-state index in [1.807, 2.05) is 0 Å². The van der Waals surface area contributed by atoms with Crippen molar-refractivity contribution in [2.45, 2.75) is 10.1 Å². The van der Waals surface area contributed by atoms with E-state index in [0.29, 0.717) is 0 Å². The van der Waals surface area contributed by atoms with Crippen LogP contribution >= 0.6 is 0 Å². The van der Waals surface area contributed by atoms with E-state index in [2.05, 4.69) is 0 Å². The number of Topliss-reactive ketones (excluding diaryl/α,β-unsaturated/α-hetero) is 1. The molecule has 1 aromatic rings. The smallest absolute Gasteiger partial charge is 0.377 e. The number of hydrogen-bond acceptors (Lipinski definition) is 5. The first-order valence-corrected chi connectivity index (χ1v) is 6.67. The summed E-state index contributed by atoms with van der Waals surface area (Å²) in [5.74, 6) is -2.64. The SMILES string of the molecule is O=C(O)C(=O)c1ccc(S(=O)(=O)C2COC2)cc1. The van der Waals surface area contributed by atoms with E-state index in [4.69, 9.17) is 9.84 Å². The van der Waals surface area contributed by atoms with Gasteiger partial charge in [0, 0.05) is 5.56 Å². The first-order valence-electron chi connectivity index (χ1n) is 5.12. The largest absolute Gasteiger partial charge is 0.475 e. The molecule has 0 amide bonds. The Morgan fingerprint density at radius 2 is 1.72 bits per heavy atom. The van der Waals surface area contributed by atoms with E-state index in [1.54, 1.807) is 0 Å². The average Bonchev–Trinajstić information content (AvgIpc) is 2.25. The number of benzene rings is 1. The van der Waals surface area contributed by atoms with E-state index < -0.39 is 26.8 Å². The molecule has 1 fully saturated rings. The van der Waals surface area contributed by atoms with Gasteiger partial charge in [0.05, 0.1) is 18.1 Å². The molecule has 96 valence electrons. The maximum absolute atomic E-state index is 11.9. The first-order chi connectivity index (χ1) is 8.43. The van der Waals surface area contributed by atoms with Crippen LogP contribution in [-0.2, 0) is 19.4 Å². The lowest BCUT2D eigenvalue weighted by molar-refractivity contribution is -0.131. The summed E-state index contributed by atoms with van der Waals surface area (Å²) in [6.45, 7) is 0.330. The van der Waals surface area contributed by atoms with Gasteiger partial charge in [0.1, 0.15) is 5.25 Å². The molecule has 0 atom stereocenters. The minimum atomic E-state index is -3.45. The average molecular weight is 270 g/mol. The lowest BCUT2D eigenvalue weighted by atomic mass is 10.1. The highest BCUT2D eigenvalue weighted by atomic mass is 32.2. The number of carboxylic acids is 1. The van der Waals surface area contributed by atoms with Crippen molar-refractivity contribution in [2.75, 3.05) is 13.2 Å². The monoisotopic (exact) mass is 270 g/mol. The summed E-state index contributed by atoms with van der Waals surface area (Å²) >= 11 is 0. The lowest BCUT2D eigenvalue weighted by Gasteiger charge is -2.25. The Kier molecular flexibility index (Phi) is 3.18. The second kappa shape index (κ2) is 4.51. The first kappa shape index (κ1) is 12.7. The van der Waals surface area contributed by atoms with Crippen LogP contribution in [0.3, 0.4) is 0 Å². The molecule has 1 aliphatic rings. The number of ketones is 1. The molecule has 1 aromatic carbocycles. The molecule has 0 radical (unpaired) electrons. The van der Waals surface area contributed by atoms with E-state index >= 15 is 0 Å². The number of ether oxygens (including phenoxy) is 1. The summed E-state index contributed by atoms with van der Waals surface area (Å²) in [6.07, 6.45) is 0. The lowest BCUT2D eigenvalue weighted by Crippen LogP contribution is -2.40. The molecule has 0 aliphatic carbocycles. The molecule has 1 heterocycles. The fraction of sp³-hybridized carbons (Fsp3) is 0.273. The maximum atomic E-state index is 11.9. The van der Waals surface area contributed by atoms with Gasteiger partial charge in [-0.1, -0.05) is 0 Å². The molecule has 7 heteroatoms. The summed E-state index contributed by atoms with van der Waals surface area (Å²) in [5.41, 5.74) is -0.0497. The molecule has 6 nitrogen and oxygen atoms in total. The van der Waals surface area contributed by atoms with Crippen molar-refractivity contribution in [2.24, 2.45) is 0 Å². The zero-order chi connectivity index (χ0) is 13.3. The molecular weight excluding hydrogens is 260 g/mol. The third-order valence-electron chi connectivity index (χ3n) is 2.69. The molecule has 0 bridgehead atoms. The van der Waals surface area contributed by atoms with Crippen LogP contribution in [0.1, 0.15) is 10.4 Å². The Hall–Kier alpha value is -1.73. The van der Waals surface area contributed by atoms with Gasteiger partial charge in [-0.25, -0.2) is 13.2 Å². The quantitative estimate of drug-likeness (QED) is 0.616. The van der Waals surface area contributed by atoms with Crippen LogP contribution < -0.4 is 0 Å². The van der Waals surface area contributed by atoms with Gasteiger partial charge in [0.25, 0.3) is 5.78 Å². The standard InChI is InChI=1S/C11H10O6S/c12-10(11(13)14)7-1-3-8(4-2-7)18(15,16)9-5-17-6-9/h1-4,9H,5-6H2,(H,13,14). The van der Waals surface area contributed by atoms with Crippen LogP contribution in [0.25, 0.3) is 0 Å². The molecular formula is C11H10O6S. The summed E-state index contributed by atoms with van der Waals surface area (Å²) in [6, 6.07) is 4.87. The highest BCUT2D eigenvalue weighted by Gasteiger charge is 2.33. The van der Waals surface area contributed by atoms with Gasteiger partial charge in [0.15, 0.2) is 9.84 Å². The van der Waals surface area contributed by atoms with E-state index in [0.717, 1.165) is 0 Å². The van der Waals surface area contributed by atoms with Crippen LogP contribution in [0.4, 0.5) is 0 Å². The van der Waals surface area contributed by atoms with Crippen LogP contribution in [0.5, 0.6) is 0 Å². The molecule has 1 N–H and O–H groups in total. The second-order valence-corrected chi connectivity index (χ2v) is 6.09. The number of carbonyl (C=O) groups excluding carboxylic acids is 1. The Morgan fingerprint density at radius 1 is 1.17 bits per heavy atom. The number of sulfone groups is 1. The fourth-order valence-corrected chi connectivity index (χ4v) is 2.96. The molecule has 2 rings (SSSR count). The third kappa shape index (κ3) is 2.14. The summed E-state index contributed by atoms with van der Waals surface area (Å²) in [4.78, 5) is 21.7. The number of rotatable bonds is 4. The summed E-state index contributed by atoms with van der Waals surface area (Å²) < 4.78 is 28.7. The normalized spacial score (nSPS) is 16.0. The minimum Gasteiger partial charge on any atom is -0.475 e. The van der Waals surface area contributed by atoms with Crippen molar-refractivity contribution >= 4 is 21.6 Å². The number of carbonyl (C=O) groups is 2. The Morgan fingerprint density at radius 3 is 2.11 bits per heavy atom. The fourth-order valence-electron chi connectivity index (χ4n) is 1.51. The minimum absolute atomic E-state index is 0.0497. The third-order valence-corrected chi connectivity index (χ3v) is 4.76. The van der Waals surface area contributed by atoms with E-state index in [1.165, 1.54) is 24.3 Å².